The van der Waals surface area contributed by atoms with Crippen molar-refractivity contribution in [3.63, 3.8) is 0 Å². The van der Waals surface area contributed by atoms with Crippen LogP contribution in [-0.2, 0) is 0 Å². The van der Waals surface area contributed by atoms with E-state index in [2.05, 4.69) is 0 Å². The molecule has 0 radical (unpaired) electrons. The van der Waals surface area contributed by atoms with Crippen molar-refractivity contribution in [1.29, 1.82) is 0 Å². The number of rotatable bonds is 1. The summed E-state index contributed by atoms with van der Waals surface area (Å²) in [5.41, 5.74) is -0.686. The molecule has 2 N–H and O–H groups in total. The minimum atomic E-state index is -2.14. The van der Waals surface area contributed by atoms with Gasteiger partial charge in [0, 0.05) is 5.46 Å². The van der Waals surface area contributed by atoms with Crippen LogP contribution >= 0.6 is 0 Å². The first kappa shape index (κ1) is 9.09. The van der Waals surface area contributed by atoms with Crippen LogP contribution in [0.25, 0.3) is 0 Å². The largest absolute Gasteiger partial charge is 0.491 e. The van der Waals surface area contributed by atoms with Gasteiger partial charge in [-0.15, -0.1) is 0 Å². The van der Waals surface area contributed by atoms with Crippen LogP contribution in [0.2, 0.25) is 0 Å². The van der Waals surface area contributed by atoms with E-state index in [9.17, 15) is 13.2 Å². The summed E-state index contributed by atoms with van der Waals surface area (Å²) >= 11 is 0. The third-order valence-electron chi connectivity index (χ3n) is 1.34. The average Bonchev–Trinajstić information content (AvgIpc) is 2.00. The van der Waals surface area contributed by atoms with Crippen molar-refractivity contribution >= 4 is 12.6 Å². The van der Waals surface area contributed by atoms with E-state index < -0.39 is 30.0 Å². The summed E-state index contributed by atoms with van der Waals surface area (Å²) in [6.45, 7) is 0. The first-order valence-corrected chi connectivity index (χ1v) is 3.03. The summed E-state index contributed by atoms with van der Waals surface area (Å²) in [7, 11) is -2.14. The van der Waals surface area contributed by atoms with Gasteiger partial charge in [-0.2, -0.15) is 0 Å². The highest BCUT2D eigenvalue weighted by atomic mass is 19.2. The van der Waals surface area contributed by atoms with E-state index in [1.165, 1.54) is 0 Å². The molecule has 64 valence electrons. The lowest BCUT2D eigenvalue weighted by molar-refractivity contribution is 0.414. The summed E-state index contributed by atoms with van der Waals surface area (Å²) in [6.07, 6.45) is 0. The summed E-state index contributed by atoms with van der Waals surface area (Å²) in [5, 5.41) is 16.9. The number of hydrogen-bond acceptors (Lipinski definition) is 2. The fraction of sp³-hybridized carbons (Fsp3) is 0. The van der Waals surface area contributed by atoms with Crippen LogP contribution in [0.4, 0.5) is 13.2 Å². The minimum Gasteiger partial charge on any atom is -0.423 e. The monoisotopic (exact) mass is 176 g/mol. The normalized spacial score (nSPS) is 10.1. The molecule has 0 aliphatic heterocycles. The molecule has 6 heteroatoms. The van der Waals surface area contributed by atoms with Crippen LogP contribution < -0.4 is 5.46 Å². The van der Waals surface area contributed by atoms with E-state index in [1.807, 2.05) is 0 Å². The van der Waals surface area contributed by atoms with Gasteiger partial charge < -0.3 is 10.0 Å². The summed E-state index contributed by atoms with van der Waals surface area (Å²) < 4.78 is 37.2. The lowest BCUT2D eigenvalue weighted by Crippen LogP contribution is -2.33. The Hall–Kier alpha value is -1.01. The Labute approximate surface area is 66.4 Å². The molecule has 0 amide bonds. The van der Waals surface area contributed by atoms with Gasteiger partial charge in [0.1, 0.15) is 0 Å². The van der Waals surface area contributed by atoms with Gasteiger partial charge in [0.2, 0.25) is 0 Å². The smallest absolute Gasteiger partial charge is 0.423 e. The van der Waals surface area contributed by atoms with Gasteiger partial charge in [-0.1, -0.05) is 6.07 Å². The Morgan fingerprint density at radius 3 is 2.08 bits per heavy atom. The molecule has 0 bridgehead atoms. The highest BCUT2D eigenvalue weighted by molar-refractivity contribution is 6.58. The first-order chi connectivity index (χ1) is 5.54. The molecule has 0 aliphatic rings. The van der Waals surface area contributed by atoms with Crippen molar-refractivity contribution in [2.45, 2.75) is 0 Å². The zero-order chi connectivity index (χ0) is 9.30. The molecule has 0 saturated heterocycles. The van der Waals surface area contributed by atoms with Crippen LogP contribution in [0.3, 0.4) is 0 Å². The van der Waals surface area contributed by atoms with Crippen LogP contribution in [0, 0.1) is 17.5 Å². The molecule has 0 saturated carbocycles. The lowest BCUT2D eigenvalue weighted by Gasteiger charge is -2.01. The second-order valence-electron chi connectivity index (χ2n) is 2.14. The van der Waals surface area contributed by atoms with Crippen LogP contribution in [0.15, 0.2) is 12.1 Å². The van der Waals surface area contributed by atoms with Gasteiger partial charge >= 0.3 is 7.12 Å². The van der Waals surface area contributed by atoms with Crippen molar-refractivity contribution in [1.82, 2.24) is 0 Å². The Balaban J connectivity index is 3.27. The molecule has 12 heavy (non-hydrogen) atoms. The predicted octanol–water partition coefficient (Wildman–Crippen LogP) is -0.216. The van der Waals surface area contributed by atoms with E-state index in [1.54, 1.807) is 0 Å². The van der Waals surface area contributed by atoms with Crippen molar-refractivity contribution < 1.29 is 23.2 Å². The fourth-order valence-corrected chi connectivity index (χ4v) is 0.740. The zero-order valence-electron chi connectivity index (χ0n) is 5.76. The Morgan fingerprint density at radius 2 is 1.58 bits per heavy atom. The summed E-state index contributed by atoms with van der Waals surface area (Å²) in [4.78, 5) is 0. The fourth-order valence-electron chi connectivity index (χ4n) is 0.740. The molecule has 1 aromatic rings. The van der Waals surface area contributed by atoms with E-state index in [0.29, 0.717) is 6.07 Å². The van der Waals surface area contributed by atoms with Gasteiger partial charge in [-0.25, -0.2) is 13.2 Å². The van der Waals surface area contributed by atoms with E-state index >= 15 is 0 Å². The lowest BCUT2D eigenvalue weighted by atomic mass is 9.80. The molecule has 0 heterocycles. The molecule has 1 aromatic carbocycles. The SMILES string of the molecule is OB(O)c1ccc(F)c(F)c1F. The minimum absolute atomic E-state index is 0.618. The van der Waals surface area contributed by atoms with Crippen molar-refractivity contribution in [2.75, 3.05) is 0 Å². The molecule has 2 nitrogen and oxygen atoms in total. The number of halogens is 3. The first-order valence-electron chi connectivity index (χ1n) is 3.03. The highest BCUT2D eigenvalue weighted by Gasteiger charge is 2.21. The molecule has 0 aliphatic carbocycles. The molecule has 0 atom stereocenters. The second kappa shape index (κ2) is 3.16. The Kier molecular flexibility index (Phi) is 2.39. The Morgan fingerprint density at radius 1 is 1.00 bits per heavy atom. The third-order valence-corrected chi connectivity index (χ3v) is 1.34. The van der Waals surface area contributed by atoms with Gasteiger partial charge in [0.05, 0.1) is 0 Å². The van der Waals surface area contributed by atoms with Gasteiger partial charge in [0.25, 0.3) is 0 Å². The maximum Gasteiger partial charge on any atom is 0.491 e. The van der Waals surface area contributed by atoms with Crippen molar-refractivity contribution in [3.8, 4) is 0 Å². The standard InChI is InChI=1S/C6H4BF3O2/c8-4-2-1-3(7(11)12)5(9)6(4)10/h1-2,11-12H. The maximum absolute atomic E-state index is 12.6. The van der Waals surface area contributed by atoms with E-state index in [-0.39, 0.29) is 0 Å². The predicted molar refractivity (Wildman–Crippen MR) is 36.1 cm³/mol. The average molecular weight is 176 g/mol. The van der Waals surface area contributed by atoms with Gasteiger partial charge in [0.15, 0.2) is 17.5 Å². The summed E-state index contributed by atoms with van der Waals surface area (Å²) in [5.74, 6) is -4.65. The second-order valence-corrected chi connectivity index (χ2v) is 2.14. The quantitative estimate of drug-likeness (QED) is 0.458. The number of hydrogen-bond donors (Lipinski definition) is 2. The van der Waals surface area contributed by atoms with Crippen molar-refractivity contribution in [2.24, 2.45) is 0 Å². The van der Waals surface area contributed by atoms with Crippen LogP contribution in [0.1, 0.15) is 0 Å². The molecule has 0 spiro atoms. The maximum atomic E-state index is 12.6. The topological polar surface area (TPSA) is 40.5 Å². The number of benzene rings is 1. The van der Waals surface area contributed by atoms with E-state index in [4.69, 9.17) is 10.0 Å². The third kappa shape index (κ3) is 1.44. The van der Waals surface area contributed by atoms with Crippen LogP contribution in [0.5, 0.6) is 0 Å². The molecular weight excluding hydrogens is 172 g/mol. The van der Waals surface area contributed by atoms with Gasteiger partial charge in [-0.05, 0) is 6.07 Å². The highest BCUT2D eigenvalue weighted by Crippen LogP contribution is 2.07. The van der Waals surface area contributed by atoms with Crippen molar-refractivity contribution in [3.05, 3.63) is 29.6 Å². The molecular formula is C6H4BF3O2. The summed E-state index contributed by atoms with van der Waals surface area (Å²) in [6, 6.07) is 1.38. The molecule has 0 fully saturated rings. The van der Waals surface area contributed by atoms with Gasteiger partial charge in [-0.3, -0.25) is 0 Å². The van der Waals surface area contributed by atoms with E-state index in [0.717, 1.165) is 6.07 Å². The molecule has 1 rings (SSSR count). The Bertz CT molecular complexity index is 303. The molecule has 0 aromatic heterocycles. The zero-order valence-corrected chi connectivity index (χ0v) is 5.76. The van der Waals surface area contributed by atoms with Crippen LogP contribution in [-0.4, -0.2) is 17.2 Å². The molecule has 0 unspecified atom stereocenters.